The lowest BCUT2D eigenvalue weighted by Gasteiger charge is -2.27. The molecule has 0 aromatic carbocycles. The van der Waals surface area contributed by atoms with Gasteiger partial charge in [0.15, 0.2) is 10.5 Å². The van der Waals surface area contributed by atoms with Crippen LogP contribution in [-0.4, -0.2) is 44.5 Å². The van der Waals surface area contributed by atoms with Crippen LogP contribution in [0.2, 0.25) is 0 Å². The van der Waals surface area contributed by atoms with Crippen molar-refractivity contribution in [3.63, 3.8) is 0 Å². The van der Waals surface area contributed by atoms with Crippen molar-refractivity contribution in [1.82, 2.24) is 14.7 Å². The first-order valence-electron chi connectivity index (χ1n) is 6.24. The van der Waals surface area contributed by atoms with Gasteiger partial charge >= 0.3 is 5.97 Å². The Morgan fingerprint density at radius 2 is 2.15 bits per heavy atom. The van der Waals surface area contributed by atoms with Gasteiger partial charge in [-0.25, -0.2) is 4.79 Å². The fraction of sp³-hybridized carbons (Fsp3) is 0.583. The van der Waals surface area contributed by atoms with Crippen LogP contribution in [0.15, 0.2) is 0 Å². The molecule has 8 heteroatoms. The van der Waals surface area contributed by atoms with Crippen LogP contribution < -0.4 is 0 Å². The summed E-state index contributed by atoms with van der Waals surface area (Å²) in [6.07, 6.45) is 0.564. The van der Waals surface area contributed by atoms with E-state index in [-0.39, 0.29) is 19.1 Å². The number of fused-ring (bicyclic) bond motifs is 1. The van der Waals surface area contributed by atoms with E-state index in [0.717, 1.165) is 5.69 Å². The quantitative estimate of drug-likeness (QED) is 0.622. The minimum absolute atomic E-state index is 0.270. The van der Waals surface area contributed by atoms with E-state index in [4.69, 9.17) is 27.9 Å². The molecule has 0 bridgehead atoms. The molecule has 2 heterocycles. The minimum Gasteiger partial charge on any atom is -0.461 e. The Kier molecular flexibility index (Phi) is 4.55. The summed E-state index contributed by atoms with van der Waals surface area (Å²) >= 11 is 11.2. The van der Waals surface area contributed by atoms with Crippen LogP contribution in [0.25, 0.3) is 0 Å². The molecule has 1 aromatic rings. The van der Waals surface area contributed by atoms with Gasteiger partial charge in [-0.2, -0.15) is 5.10 Å². The number of carbonyl (C=O) groups is 2. The predicted octanol–water partition coefficient (Wildman–Crippen LogP) is 1.29. The summed E-state index contributed by atoms with van der Waals surface area (Å²) in [7, 11) is 1.68. The lowest BCUT2D eigenvalue weighted by atomic mass is 10.1. The summed E-state index contributed by atoms with van der Waals surface area (Å²) in [4.78, 5) is 24.2. The molecule has 0 unspecified atom stereocenters. The van der Waals surface area contributed by atoms with E-state index in [1.54, 1.807) is 14.0 Å². The summed E-state index contributed by atoms with van der Waals surface area (Å²) in [5, 5.41) is 4.31. The number of aryl methyl sites for hydroxylation is 1. The van der Waals surface area contributed by atoms with Gasteiger partial charge in [0.2, 0.25) is 0 Å². The molecule has 0 aliphatic carbocycles. The summed E-state index contributed by atoms with van der Waals surface area (Å²) in [5.41, 5.74) is 1.89. The highest BCUT2D eigenvalue weighted by molar-refractivity contribution is 6.53. The average Bonchev–Trinajstić information content (AvgIpc) is 2.72. The number of carbonyl (C=O) groups excluding carboxylic acids is 2. The van der Waals surface area contributed by atoms with Crippen LogP contribution in [0.1, 0.15) is 28.7 Å². The topological polar surface area (TPSA) is 64.4 Å². The van der Waals surface area contributed by atoms with Crippen LogP contribution in [0.5, 0.6) is 0 Å². The van der Waals surface area contributed by atoms with Crippen LogP contribution >= 0.6 is 23.2 Å². The maximum atomic E-state index is 12.0. The number of aromatic nitrogens is 2. The first-order valence-corrected chi connectivity index (χ1v) is 7.11. The minimum atomic E-state index is -1.10. The molecule has 0 N–H and O–H groups in total. The molecule has 110 valence electrons. The first-order chi connectivity index (χ1) is 9.45. The largest absolute Gasteiger partial charge is 0.461 e. The second kappa shape index (κ2) is 6.01. The zero-order valence-corrected chi connectivity index (χ0v) is 12.7. The van der Waals surface area contributed by atoms with E-state index in [1.807, 2.05) is 0 Å². The summed E-state index contributed by atoms with van der Waals surface area (Å²) in [6, 6.07) is 0. The van der Waals surface area contributed by atoms with Gasteiger partial charge < -0.3 is 9.64 Å². The number of rotatable bonds is 3. The van der Waals surface area contributed by atoms with Crippen molar-refractivity contribution >= 4 is 35.1 Å². The van der Waals surface area contributed by atoms with Crippen molar-refractivity contribution in [1.29, 1.82) is 0 Å². The second-order valence-electron chi connectivity index (χ2n) is 4.43. The lowest BCUT2D eigenvalue weighted by Crippen LogP contribution is -2.39. The highest BCUT2D eigenvalue weighted by Crippen LogP contribution is 2.24. The highest BCUT2D eigenvalue weighted by atomic mass is 35.5. The van der Waals surface area contributed by atoms with Crippen LogP contribution in [0.3, 0.4) is 0 Å². The third-order valence-electron chi connectivity index (χ3n) is 3.16. The molecule has 0 saturated carbocycles. The van der Waals surface area contributed by atoms with Gasteiger partial charge in [0.05, 0.1) is 12.3 Å². The van der Waals surface area contributed by atoms with Crippen molar-refractivity contribution in [2.45, 2.75) is 24.7 Å². The molecule has 0 spiro atoms. The van der Waals surface area contributed by atoms with Gasteiger partial charge in [-0.3, -0.25) is 9.48 Å². The van der Waals surface area contributed by atoms with Gasteiger partial charge in [0, 0.05) is 32.1 Å². The van der Waals surface area contributed by atoms with Crippen molar-refractivity contribution in [3.8, 4) is 0 Å². The summed E-state index contributed by atoms with van der Waals surface area (Å²) in [5.74, 6) is -0.802. The molecule has 2 rings (SSSR count). The number of esters is 1. The predicted molar refractivity (Wildman–Crippen MR) is 73.8 cm³/mol. The van der Waals surface area contributed by atoms with Crippen molar-refractivity contribution < 1.29 is 14.3 Å². The molecule has 20 heavy (non-hydrogen) atoms. The lowest BCUT2D eigenvalue weighted by molar-refractivity contribution is -0.130. The zero-order chi connectivity index (χ0) is 14.9. The number of nitrogens with zero attached hydrogens (tertiary/aromatic N) is 3. The van der Waals surface area contributed by atoms with Crippen molar-refractivity contribution in [2.75, 3.05) is 13.2 Å². The standard InChI is InChI=1S/C12H15Cl2N3O3/c1-3-20-12(19)9-7-6-17(11(18)10(13)14)5-4-8(7)15-16(9)2/h10H,3-6H2,1-2H3. The Morgan fingerprint density at radius 3 is 2.75 bits per heavy atom. The normalized spacial score (nSPS) is 14.3. The van der Waals surface area contributed by atoms with Gasteiger partial charge in [-0.1, -0.05) is 23.2 Å². The Bertz CT molecular complexity index is 542. The van der Waals surface area contributed by atoms with Gasteiger partial charge in [0.1, 0.15) is 0 Å². The summed E-state index contributed by atoms with van der Waals surface area (Å²) in [6.45, 7) is 2.78. The molecular weight excluding hydrogens is 305 g/mol. The third-order valence-corrected chi connectivity index (χ3v) is 3.54. The molecular formula is C12H15Cl2N3O3. The van der Waals surface area contributed by atoms with E-state index in [1.165, 1.54) is 9.58 Å². The van der Waals surface area contributed by atoms with E-state index in [0.29, 0.717) is 24.2 Å². The fourth-order valence-corrected chi connectivity index (χ4v) is 2.56. The SMILES string of the molecule is CCOC(=O)c1c2c(nn1C)CCN(C(=O)C(Cl)Cl)C2. The number of hydrogen-bond donors (Lipinski definition) is 0. The van der Waals surface area contributed by atoms with Gasteiger partial charge in [-0.05, 0) is 6.92 Å². The monoisotopic (exact) mass is 319 g/mol. The van der Waals surface area contributed by atoms with E-state index in [9.17, 15) is 9.59 Å². The highest BCUT2D eigenvalue weighted by Gasteiger charge is 2.31. The average molecular weight is 320 g/mol. The van der Waals surface area contributed by atoms with E-state index >= 15 is 0 Å². The Labute approximate surface area is 126 Å². The van der Waals surface area contributed by atoms with Crippen LogP contribution in [-0.2, 0) is 29.5 Å². The molecule has 0 saturated heterocycles. The number of ether oxygens (including phenoxy) is 1. The molecule has 6 nitrogen and oxygen atoms in total. The molecule has 0 fully saturated rings. The van der Waals surface area contributed by atoms with Crippen molar-refractivity contribution in [2.24, 2.45) is 7.05 Å². The smallest absolute Gasteiger partial charge is 0.356 e. The van der Waals surface area contributed by atoms with Crippen molar-refractivity contribution in [3.05, 3.63) is 17.0 Å². The molecule has 1 amide bonds. The molecule has 1 aromatic heterocycles. The maximum Gasteiger partial charge on any atom is 0.356 e. The number of halogens is 2. The first kappa shape index (κ1) is 15.1. The second-order valence-corrected chi connectivity index (χ2v) is 5.52. The maximum absolute atomic E-state index is 12.0. The van der Waals surface area contributed by atoms with E-state index in [2.05, 4.69) is 5.10 Å². The van der Waals surface area contributed by atoms with Crippen LogP contribution in [0.4, 0.5) is 0 Å². The van der Waals surface area contributed by atoms with Crippen LogP contribution in [0, 0.1) is 0 Å². The third kappa shape index (κ3) is 2.76. The Balaban J connectivity index is 2.30. The Morgan fingerprint density at radius 1 is 1.45 bits per heavy atom. The zero-order valence-electron chi connectivity index (χ0n) is 11.2. The number of alkyl halides is 2. The molecule has 0 atom stereocenters. The number of hydrogen-bond acceptors (Lipinski definition) is 4. The van der Waals surface area contributed by atoms with Gasteiger partial charge in [0.25, 0.3) is 5.91 Å². The summed E-state index contributed by atoms with van der Waals surface area (Å²) < 4.78 is 6.52. The molecule has 0 radical (unpaired) electrons. The molecule has 1 aliphatic rings. The van der Waals surface area contributed by atoms with Gasteiger partial charge in [-0.15, -0.1) is 0 Å². The fourth-order valence-electron chi connectivity index (χ4n) is 2.28. The van der Waals surface area contributed by atoms with E-state index < -0.39 is 10.8 Å². The molecule has 1 aliphatic heterocycles. The Hall–Kier alpha value is -1.27. The number of amides is 1.